The lowest BCUT2D eigenvalue weighted by Crippen LogP contribution is -2.22. The SMILES string of the molecule is Cc1ccc(NC(=O)C(=O)c2ccccc2)cc1Cl. The van der Waals surface area contributed by atoms with Crippen LogP contribution in [-0.2, 0) is 4.79 Å². The topological polar surface area (TPSA) is 46.2 Å². The van der Waals surface area contributed by atoms with Gasteiger partial charge in [-0.1, -0.05) is 48.0 Å². The molecule has 2 rings (SSSR count). The molecule has 96 valence electrons. The first kappa shape index (κ1) is 13.3. The second-order valence-corrected chi connectivity index (χ2v) is 4.52. The normalized spacial score (nSPS) is 10.0. The third-order valence-corrected chi connectivity index (χ3v) is 3.08. The van der Waals surface area contributed by atoms with Gasteiger partial charge in [-0.2, -0.15) is 0 Å². The van der Waals surface area contributed by atoms with Crippen molar-refractivity contribution in [2.45, 2.75) is 6.92 Å². The molecule has 19 heavy (non-hydrogen) atoms. The Balaban J connectivity index is 2.13. The lowest BCUT2D eigenvalue weighted by Gasteiger charge is -2.06. The van der Waals surface area contributed by atoms with Crippen LogP contribution in [0.3, 0.4) is 0 Å². The second kappa shape index (κ2) is 5.67. The van der Waals surface area contributed by atoms with Gasteiger partial charge in [0, 0.05) is 16.3 Å². The molecule has 0 aliphatic rings. The number of anilines is 1. The number of aryl methyl sites for hydroxylation is 1. The first-order chi connectivity index (χ1) is 9.08. The summed E-state index contributed by atoms with van der Waals surface area (Å²) in [5.41, 5.74) is 1.78. The van der Waals surface area contributed by atoms with Crippen molar-refractivity contribution in [3.63, 3.8) is 0 Å². The van der Waals surface area contributed by atoms with E-state index >= 15 is 0 Å². The molecule has 0 aromatic heterocycles. The lowest BCUT2D eigenvalue weighted by molar-refractivity contribution is -0.112. The van der Waals surface area contributed by atoms with Gasteiger partial charge in [0.05, 0.1) is 0 Å². The van der Waals surface area contributed by atoms with Gasteiger partial charge in [-0.25, -0.2) is 0 Å². The van der Waals surface area contributed by atoms with Crippen molar-refractivity contribution in [3.05, 3.63) is 64.7 Å². The highest BCUT2D eigenvalue weighted by Crippen LogP contribution is 2.20. The number of amides is 1. The van der Waals surface area contributed by atoms with Crippen molar-refractivity contribution < 1.29 is 9.59 Å². The summed E-state index contributed by atoms with van der Waals surface area (Å²) >= 11 is 5.96. The van der Waals surface area contributed by atoms with Crippen molar-refractivity contribution in [2.75, 3.05) is 5.32 Å². The highest BCUT2D eigenvalue weighted by molar-refractivity contribution is 6.46. The average molecular weight is 274 g/mol. The number of carbonyl (C=O) groups excluding carboxylic acids is 2. The molecule has 0 bridgehead atoms. The molecule has 0 fully saturated rings. The number of halogens is 1. The number of ketones is 1. The maximum atomic E-state index is 11.9. The summed E-state index contributed by atoms with van der Waals surface area (Å²) in [7, 11) is 0. The van der Waals surface area contributed by atoms with Gasteiger partial charge < -0.3 is 5.32 Å². The fraction of sp³-hybridized carbons (Fsp3) is 0.0667. The zero-order valence-electron chi connectivity index (χ0n) is 10.3. The number of Topliss-reactive ketones (excluding diaryl/α,β-unsaturated/α-hetero) is 1. The number of benzene rings is 2. The summed E-state index contributed by atoms with van der Waals surface area (Å²) in [5, 5.41) is 3.08. The Bertz CT molecular complexity index is 623. The van der Waals surface area contributed by atoms with Gasteiger partial charge in [-0.05, 0) is 24.6 Å². The van der Waals surface area contributed by atoms with Crippen LogP contribution in [0.4, 0.5) is 5.69 Å². The Morgan fingerprint density at radius 1 is 1.05 bits per heavy atom. The van der Waals surface area contributed by atoms with Gasteiger partial charge in [0.25, 0.3) is 11.7 Å². The number of carbonyl (C=O) groups is 2. The van der Waals surface area contributed by atoms with Crippen LogP contribution >= 0.6 is 11.6 Å². The summed E-state index contributed by atoms with van der Waals surface area (Å²) in [5.74, 6) is -1.25. The first-order valence-electron chi connectivity index (χ1n) is 5.75. The van der Waals surface area contributed by atoms with E-state index in [1.807, 2.05) is 6.92 Å². The summed E-state index contributed by atoms with van der Waals surface area (Å²) in [6, 6.07) is 13.5. The van der Waals surface area contributed by atoms with E-state index in [4.69, 9.17) is 11.6 Å². The van der Waals surface area contributed by atoms with Crippen molar-refractivity contribution in [1.82, 2.24) is 0 Å². The van der Waals surface area contributed by atoms with E-state index in [2.05, 4.69) is 5.32 Å². The molecule has 2 aromatic rings. The number of hydrogen-bond donors (Lipinski definition) is 1. The fourth-order valence-corrected chi connectivity index (χ4v) is 1.76. The maximum Gasteiger partial charge on any atom is 0.296 e. The number of nitrogens with one attached hydrogen (secondary N) is 1. The van der Waals surface area contributed by atoms with E-state index in [-0.39, 0.29) is 0 Å². The van der Waals surface area contributed by atoms with E-state index in [1.54, 1.807) is 48.5 Å². The average Bonchev–Trinajstić information content (AvgIpc) is 2.43. The van der Waals surface area contributed by atoms with Gasteiger partial charge in [-0.3, -0.25) is 9.59 Å². The highest BCUT2D eigenvalue weighted by atomic mass is 35.5. The molecule has 0 spiro atoms. The summed E-state index contributed by atoms with van der Waals surface area (Å²) in [6.07, 6.45) is 0. The van der Waals surface area contributed by atoms with Crippen molar-refractivity contribution >= 4 is 29.0 Å². The first-order valence-corrected chi connectivity index (χ1v) is 6.12. The van der Waals surface area contributed by atoms with Crippen LogP contribution in [-0.4, -0.2) is 11.7 Å². The maximum absolute atomic E-state index is 11.9. The van der Waals surface area contributed by atoms with E-state index in [9.17, 15) is 9.59 Å². The summed E-state index contributed by atoms with van der Waals surface area (Å²) < 4.78 is 0. The van der Waals surface area contributed by atoms with Crippen LogP contribution in [0.25, 0.3) is 0 Å². The smallest absolute Gasteiger partial charge is 0.296 e. The molecule has 0 saturated carbocycles. The molecule has 0 unspecified atom stereocenters. The fourth-order valence-electron chi connectivity index (χ4n) is 1.58. The molecule has 1 amide bonds. The minimum Gasteiger partial charge on any atom is -0.319 e. The molecule has 0 saturated heterocycles. The summed E-state index contributed by atoms with van der Waals surface area (Å²) in [4.78, 5) is 23.7. The van der Waals surface area contributed by atoms with Crippen LogP contribution in [0.2, 0.25) is 5.02 Å². The van der Waals surface area contributed by atoms with E-state index in [1.165, 1.54) is 0 Å². The molecular formula is C15H12ClNO2. The molecular weight excluding hydrogens is 262 g/mol. The van der Waals surface area contributed by atoms with Crippen molar-refractivity contribution in [1.29, 1.82) is 0 Å². The van der Waals surface area contributed by atoms with Gasteiger partial charge in [0.2, 0.25) is 0 Å². The lowest BCUT2D eigenvalue weighted by atomic mass is 10.1. The minimum atomic E-state index is -0.675. The molecule has 3 nitrogen and oxygen atoms in total. The molecule has 0 aliphatic carbocycles. The molecule has 2 aromatic carbocycles. The van der Waals surface area contributed by atoms with Crippen molar-refractivity contribution in [2.24, 2.45) is 0 Å². The molecule has 0 heterocycles. The Labute approximate surface area is 116 Å². The Morgan fingerprint density at radius 2 is 1.74 bits per heavy atom. The second-order valence-electron chi connectivity index (χ2n) is 4.11. The van der Waals surface area contributed by atoms with Gasteiger partial charge >= 0.3 is 0 Å². The largest absolute Gasteiger partial charge is 0.319 e. The van der Waals surface area contributed by atoms with E-state index < -0.39 is 11.7 Å². The Morgan fingerprint density at radius 3 is 2.37 bits per heavy atom. The highest BCUT2D eigenvalue weighted by Gasteiger charge is 2.15. The predicted molar refractivity (Wildman–Crippen MR) is 75.6 cm³/mol. The van der Waals surface area contributed by atoms with E-state index in [0.717, 1.165) is 5.56 Å². The summed E-state index contributed by atoms with van der Waals surface area (Å²) in [6.45, 7) is 1.86. The zero-order chi connectivity index (χ0) is 13.8. The standard InChI is InChI=1S/C15H12ClNO2/c1-10-7-8-12(9-13(10)16)17-15(19)14(18)11-5-3-2-4-6-11/h2-9H,1H3,(H,17,19). The predicted octanol–water partition coefficient (Wildman–Crippen LogP) is 3.47. The molecule has 4 heteroatoms. The number of hydrogen-bond acceptors (Lipinski definition) is 2. The van der Waals surface area contributed by atoms with Crippen LogP contribution < -0.4 is 5.32 Å². The zero-order valence-corrected chi connectivity index (χ0v) is 11.1. The van der Waals surface area contributed by atoms with Crippen LogP contribution in [0.5, 0.6) is 0 Å². The molecule has 0 radical (unpaired) electrons. The molecule has 0 aliphatic heterocycles. The van der Waals surface area contributed by atoms with Gasteiger partial charge in [0.1, 0.15) is 0 Å². The monoisotopic (exact) mass is 273 g/mol. The van der Waals surface area contributed by atoms with Crippen LogP contribution in [0.15, 0.2) is 48.5 Å². The van der Waals surface area contributed by atoms with E-state index in [0.29, 0.717) is 16.3 Å². The van der Waals surface area contributed by atoms with Gasteiger partial charge in [-0.15, -0.1) is 0 Å². The Hall–Kier alpha value is -2.13. The molecule has 1 N–H and O–H groups in total. The minimum absolute atomic E-state index is 0.359. The molecule has 0 atom stereocenters. The van der Waals surface area contributed by atoms with Gasteiger partial charge in [0.15, 0.2) is 0 Å². The Kier molecular flexibility index (Phi) is 3.97. The third kappa shape index (κ3) is 3.20. The van der Waals surface area contributed by atoms with Crippen LogP contribution in [0, 0.1) is 6.92 Å². The quantitative estimate of drug-likeness (QED) is 0.687. The van der Waals surface area contributed by atoms with Crippen LogP contribution in [0.1, 0.15) is 15.9 Å². The number of rotatable bonds is 3. The van der Waals surface area contributed by atoms with Crippen molar-refractivity contribution in [3.8, 4) is 0 Å². The third-order valence-electron chi connectivity index (χ3n) is 2.67.